The number of ether oxygens (including phenoxy) is 1. The molecule has 8 nitrogen and oxygen atoms in total. The quantitative estimate of drug-likeness (QED) is 0.391. The van der Waals surface area contributed by atoms with Crippen molar-refractivity contribution in [2.45, 2.75) is 65.6 Å². The van der Waals surface area contributed by atoms with Gasteiger partial charge in [-0.1, -0.05) is 0 Å². The molecular formula is C19H36N6O2. The number of carbonyl (C=O) groups is 1. The van der Waals surface area contributed by atoms with E-state index in [1.807, 2.05) is 51.6 Å². The second kappa shape index (κ2) is 11.5. The first kappa shape index (κ1) is 22.8. The van der Waals surface area contributed by atoms with E-state index in [-0.39, 0.29) is 12.1 Å². The van der Waals surface area contributed by atoms with Crippen molar-refractivity contribution >= 4 is 12.1 Å². The van der Waals surface area contributed by atoms with Gasteiger partial charge in [0.15, 0.2) is 5.96 Å². The maximum atomic E-state index is 12.1. The molecule has 1 unspecified atom stereocenters. The van der Waals surface area contributed by atoms with Gasteiger partial charge in [-0.3, -0.25) is 9.67 Å². The molecule has 0 aromatic carbocycles. The zero-order chi connectivity index (χ0) is 20.3. The van der Waals surface area contributed by atoms with Crippen LogP contribution in [0.5, 0.6) is 0 Å². The average Bonchev–Trinajstić information content (AvgIpc) is 3.09. The van der Waals surface area contributed by atoms with Gasteiger partial charge in [0.25, 0.3) is 0 Å². The minimum atomic E-state index is -0.482. The monoisotopic (exact) mass is 380 g/mol. The number of aryl methyl sites for hydroxylation is 1. The molecule has 2 N–H and O–H groups in total. The number of rotatable bonds is 9. The second-order valence-corrected chi connectivity index (χ2v) is 7.54. The van der Waals surface area contributed by atoms with Crippen LogP contribution in [-0.4, -0.2) is 65.1 Å². The molecular weight excluding hydrogens is 344 g/mol. The van der Waals surface area contributed by atoms with E-state index in [4.69, 9.17) is 4.74 Å². The Bertz CT molecular complexity index is 565. The van der Waals surface area contributed by atoms with E-state index < -0.39 is 5.60 Å². The molecule has 8 heteroatoms. The first-order valence-electron chi connectivity index (χ1n) is 9.68. The SMILES string of the molecule is CCNC(=NCCCn1cccn1)NCCC(C)N(C)C(=O)OC(C)(C)C. The van der Waals surface area contributed by atoms with Crippen molar-refractivity contribution in [3.63, 3.8) is 0 Å². The summed E-state index contributed by atoms with van der Waals surface area (Å²) in [6, 6.07) is 1.99. The van der Waals surface area contributed by atoms with Crippen LogP contribution in [0, 0.1) is 0 Å². The molecule has 1 atom stereocenters. The summed E-state index contributed by atoms with van der Waals surface area (Å²) in [6.45, 7) is 12.8. The van der Waals surface area contributed by atoms with Crippen LogP contribution in [0.1, 0.15) is 47.5 Å². The molecule has 0 aliphatic rings. The highest BCUT2D eigenvalue weighted by Crippen LogP contribution is 2.11. The van der Waals surface area contributed by atoms with Crippen molar-refractivity contribution in [2.75, 3.05) is 26.7 Å². The number of nitrogens with one attached hydrogen (secondary N) is 2. The largest absolute Gasteiger partial charge is 0.444 e. The fourth-order valence-corrected chi connectivity index (χ4v) is 2.31. The molecule has 1 aromatic heterocycles. The first-order valence-corrected chi connectivity index (χ1v) is 9.68. The van der Waals surface area contributed by atoms with Crippen molar-refractivity contribution in [1.82, 2.24) is 25.3 Å². The number of carbonyl (C=O) groups excluding carboxylic acids is 1. The molecule has 1 amide bonds. The van der Waals surface area contributed by atoms with Gasteiger partial charge in [0.05, 0.1) is 0 Å². The van der Waals surface area contributed by atoms with Gasteiger partial charge in [-0.25, -0.2) is 4.79 Å². The molecule has 0 radical (unpaired) electrons. The molecule has 1 aromatic rings. The Labute approximate surface area is 163 Å². The molecule has 27 heavy (non-hydrogen) atoms. The van der Waals surface area contributed by atoms with Gasteiger partial charge in [-0.15, -0.1) is 0 Å². The topological polar surface area (TPSA) is 83.8 Å². The Morgan fingerprint density at radius 3 is 2.70 bits per heavy atom. The van der Waals surface area contributed by atoms with E-state index in [1.165, 1.54) is 0 Å². The van der Waals surface area contributed by atoms with E-state index >= 15 is 0 Å². The molecule has 154 valence electrons. The van der Waals surface area contributed by atoms with Gasteiger partial charge in [0.1, 0.15) is 5.60 Å². The van der Waals surface area contributed by atoms with Gasteiger partial charge in [-0.05, 0) is 53.5 Å². The van der Waals surface area contributed by atoms with Crippen molar-refractivity contribution in [3.05, 3.63) is 18.5 Å². The summed E-state index contributed by atoms with van der Waals surface area (Å²) in [5.74, 6) is 0.796. The summed E-state index contributed by atoms with van der Waals surface area (Å²) in [6.07, 6.45) is 5.16. The average molecular weight is 381 g/mol. The predicted octanol–water partition coefficient (Wildman–Crippen LogP) is 2.47. The fraction of sp³-hybridized carbons (Fsp3) is 0.737. The van der Waals surface area contributed by atoms with Gasteiger partial charge in [0.2, 0.25) is 0 Å². The minimum Gasteiger partial charge on any atom is -0.444 e. The number of hydrogen-bond donors (Lipinski definition) is 2. The molecule has 0 bridgehead atoms. The lowest BCUT2D eigenvalue weighted by Gasteiger charge is -2.28. The van der Waals surface area contributed by atoms with Crippen LogP contribution in [-0.2, 0) is 11.3 Å². The molecule has 0 aliphatic carbocycles. The molecule has 1 heterocycles. The summed E-state index contributed by atoms with van der Waals surface area (Å²) >= 11 is 0. The summed E-state index contributed by atoms with van der Waals surface area (Å²) in [5.41, 5.74) is -0.482. The lowest BCUT2D eigenvalue weighted by Crippen LogP contribution is -2.42. The van der Waals surface area contributed by atoms with Gasteiger partial charge in [0, 0.05) is 51.7 Å². The fourth-order valence-electron chi connectivity index (χ4n) is 2.31. The highest BCUT2D eigenvalue weighted by molar-refractivity contribution is 5.79. The van der Waals surface area contributed by atoms with Crippen LogP contribution in [0.15, 0.2) is 23.5 Å². The summed E-state index contributed by atoms with van der Waals surface area (Å²) in [7, 11) is 1.77. The third-order valence-electron chi connectivity index (χ3n) is 3.92. The van der Waals surface area contributed by atoms with E-state index in [0.29, 0.717) is 0 Å². The third-order valence-corrected chi connectivity index (χ3v) is 3.92. The van der Waals surface area contributed by atoms with Crippen molar-refractivity contribution in [2.24, 2.45) is 4.99 Å². The molecule has 0 aliphatic heterocycles. The standard InChI is InChI=1S/C19H36N6O2/c1-7-20-17(21-11-8-14-25-15-9-12-23-25)22-13-10-16(2)24(6)18(26)27-19(3,4)5/h9,12,15-16H,7-8,10-11,13-14H2,1-6H3,(H2,20,21,22). The summed E-state index contributed by atoms with van der Waals surface area (Å²) < 4.78 is 7.31. The van der Waals surface area contributed by atoms with E-state index in [0.717, 1.165) is 45.0 Å². The third kappa shape index (κ3) is 9.86. The van der Waals surface area contributed by atoms with Crippen LogP contribution in [0.3, 0.4) is 0 Å². The molecule has 1 rings (SSSR count). The maximum absolute atomic E-state index is 12.1. The number of hydrogen-bond acceptors (Lipinski definition) is 4. The number of aliphatic imine (C=N–C) groups is 1. The van der Waals surface area contributed by atoms with Crippen molar-refractivity contribution < 1.29 is 9.53 Å². The molecule has 0 spiro atoms. The highest BCUT2D eigenvalue weighted by Gasteiger charge is 2.22. The number of aromatic nitrogens is 2. The Kier molecular flexibility index (Phi) is 9.67. The van der Waals surface area contributed by atoms with Crippen LogP contribution in [0.4, 0.5) is 4.79 Å². The zero-order valence-electron chi connectivity index (χ0n) is 17.7. The lowest BCUT2D eigenvalue weighted by atomic mass is 10.2. The second-order valence-electron chi connectivity index (χ2n) is 7.54. The first-order chi connectivity index (χ1) is 12.7. The van der Waals surface area contributed by atoms with Crippen LogP contribution < -0.4 is 10.6 Å². The summed E-state index contributed by atoms with van der Waals surface area (Å²) in [4.78, 5) is 18.3. The Balaban J connectivity index is 2.35. The lowest BCUT2D eigenvalue weighted by molar-refractivity contribution is 0.0230. The molecule has 0 saturated heterocycles. The highest BCUT2D eigenvalue weighted by atomic mass is 16.6. The normalized spacial score (nSPS) is 13.2. The smallest absolute Gasteiger partial charge is 0.410 e. The van der Waals surface area contributed by atoms with Crippen molar-refractivity contribution in [1.29, 1.82) is 0 Å². The number of amides is 1. The molecule has 0 saturated carbocycles. The number of guanidine groups is 1. The van der Waals surface area contributed by atoms with E-state index in [9.17, 15) is 4.79 Å². The molecule has 0 fully saturated rings. The van der Waals surface area contributed by atoms with Crippen LogP contribution in [0.2, 0.25) is 0 Å². The van der Waals surface area contributed by atoms with Crippen LogP contribution >= 0.6 is 0 Å². The van der Waals surface area contributed by atoms with Gasteiger partial charge in [-0.2, -0.15) is 5.10 Å². The van der Waals surface area contributed by atoms with Gasteiger partial charge >= 0.3 is 6.09 Å². The predicted molar refractivity (Wildman–Crippen MR) is 109 cm³/mol. The Morgan fingerprint density at radius 1 is 1.37 bits per heavy atom. The van der Waals surface area contributed by atoms with E-state index in [1.54, 1.807) is 18.1 Å². The minimum absolute atomic E-state index is 0.0649. The maximum Gasteiger partial charge on any atom is 0.410 e. The summed E-state index contributed by atoms with van der Waals surface area (Å²) in [5, 5.41) is 10.8. The van der Waals surface area contributed by atoms with Crippen LogP contribution in [0.25, 0.3) is 0 Å². The van der Waals surface area contributed by atoms with Gasteiger partial charge < -0.3 is 20.3 Å². The van der Waals surface area contributed by atoms with Crippen molar-refractivity contribution in [3.8, 4) is 0 Å². The number of nitrogens with zero attached hydrogens (tertiary/aromatic N) is 4. The zero-order valence-corrected chi connectivity index (χ0v) is 17.7. The Hall–Kier alpha value is -2.25. The van der Waals surface area contributed by atoms with E-state index in [2.05, 4.69) is 20.7 Å². The Morgan fingerprint density at radius 2 is 2.11 bits per heavy atom.